The number of aromatic nitrogens is 3. The van der Waals surface area contributed by atoms with E-state index in [1.807, 2.05) is 0 Å². The molecule has 5 aromatic carbocycles. The lowest BCUT2D eigenvalue weighted by Gasteiger charge is -2.30. The van der Waals surface area contributed by atoms with Gasteiger partial charge in [-0.05, 0) is 83.1 Å². The Bertz CT molecular complexity index is 2460. The van der Waals surface area contributed by atoms with Crippen LogP contribution in [0.4, 0.5) is 0 Å². The van der Waals surface area contributed by atoms with Crippen LogP contribution in [-0.4, -0.2) is 20.7 Å². The van der Waals surface area contributed by atoms with E-state index in [9.17, 15) is 0 Å². The SMILES string of the molecule is Cc1cc(C)c2c(c1)nc1n3c4c(ccc5cccc(c54)n21)B(c1c(C(C)C)cccc1C(C)C)c1oc2ccccc2c1-3. The van der Waals surface area contributed by atoms with Crippen LogP contribution in [0.25, 0.3) is 55.3 Å². The fraction of sp³-hybridized carbons (Fsp3) is 0.205. The van der Waals surface area contributed by atoms with Crippen molar-refractivity contribution < 1.29 is 4.42 Å². The van der Waals surface area contributed by atoms with E-state index < -0.39 is 0 Å². The number of imidazole rings is 1. The molecule has 0 saturated heterocycles. The number of furan rings is 1. The average molecular weight is 572 g/mol. The summed E-state index contributed by atoms with van der Waals surface area (Å²) in [6.07, 6.45) is 0. The van der Waals surface area contributed by atoms with Crippen molar-refractivity contribution in [2.24, 2.45) is 0 Å². The Labute approximate surface area is 257 Å². The van der Waals surface area contributed by atoms with E-state index in [1.54, 1.807) is 0 Å². The Morgan fingerprint density at radius 3 is 2.30 bits per heavy atom. The summed E-state index contributed by atoms with van der Waals surface area (Å²) in [6.45, 7) is 13.6. The van der Waals surface area contributed by atoms with Gasteiger partial charge in [0.05, 0.1) is 33.4 Å². The van der Waals surface area contributed by atoms with Crippen LogP contribution in [0.2, 0.25) is 0 Å². The third-order valence-corrected chi connectivity index (χ3v) is 9.86. The maximum absolute atomic E-state index is 7.00. The number of hydrogen-bond donors (Lipinski definition) is 0. The zero-order valence-electron chi connectivity index (χ0n) is 26.1. The van der Waals surface area contributed by atoms with Crippen molar-refractivity contribution in [3.8, 4) is 5.69 Å². The Kier molecular flexibility index (Phi) is 5.19. The number of aryl methyl sites for hydroxylation is 2. The molecule has 1 aliphatic heterocycles. The Morgan fingerprint density at radius 2 is 1.52 bits per heavy atom. The average Bonchev–Trinajstić information content (AvgIpc) is 3.58. The Morgan fingerprint density at radius 1 is 0.773 bits per heavy atom. The van der Waals surface area contributed by atoms with E-state index in [2.05, 4.69) is 135 Å². The summed E-state index contributed by atoms with van der Waals surface area (Å²) in [5.41, 5.74) is 15.5. The maximum Gasteiger partial charge on any atom is 0.293 e. The van der Waals surface area contributed by atoms with Crippen molar-refractivity contribution in [3.05, 3.63) is 107 Å². The lowest BCUT2D eigenvalue weighted by atomic mass is 9.35. The summed E-state index contributed by atoms with van der Waals surface area (Å²) in [4.78, 5) is 5.41. The number of hydrogen-bond acceptors (Lipinski definition) is 2. The second-order valence-electron chi connectivity index (χ2n) is 13.3. The summed E-state index contributed by atoms with van der Waals surface area (Å²) in [5.74, 6) is 1.67. The molecule has 5 heteroatoms. The van der Waals surface area contributed by atoms with Gasteiger partial charge in [0.15, 0.2) is 0 Å². The molecule has 0 unspecified atom stereocenters. The minimum atomic E-state index is -0.0444. The molecule has 0 spiro atoms. The second-order valence-corrected chi connectivity index (χ2v) is 13.3. The van der Waals surface area contributed by atoms with Gasteiger partial charge in [0.2, 0.25) is 5.78 Å². The normalized spacial score (nSPS) is 13.1. The monoisotopic (exact) mass is 571 g/mol. The van der Waals surface area contributed by atoms with Crippen molar-refractivity contribution in [2.75, 3.05) is 0 Å². The van der Waals surface area contributed by atoms with Gasteiger partial charge >= 0.3 is 0 Å². The molecule has 214 valence electrons. The summed E-state index contributed by atoms with van der Waals surface area (Å²) in [6, 6.07) is 31.2. The fourth-order valence-electron chi connectivity index (χ4n) is 8.13. The molecule has 0 amide bonds. The molecule has 9 rings (SSSR count). The molecular weight excluding hydrogens is 537 g/mol. The van der Waals surface area contributed by atoms with E-state index >= 15 is 0 Å². The van der Waals surface area contributed by atoms with Crippen molar-refractivity contribution in [1.82, 2.24) is 14.0 Å². The third-order valence-electron chi connectivity index (χ3n) is 9.86. The molecule has 3 aromatic heterocycles. The Hall–Kier alpha value is -4.77. The standard InChI is InChI=1S/C39H34BN3O/c1-21(2)26-13-10-14-27(22(3)4)34(26)40-29-18-17-25-11-9-15-31-33(25)37(29)43(36-28-12-7-8-16-32(28)44-38(36)40)39-41-30-20-23(5)19-24(6)35(30)42(31)39/h7-22H,1-6H3. The summed E-state index contributed by atoms with van der Waals surface area (Å²) in [7, 11) is 0. The van der Waals surface area contributed by atoms with E-state index in [0.29, 0.717) is 11.8 Å². The lowest BCUT2D eigenvalue weighted by Crippen LogP contribution is -2.58. The van der Waals surface area contributed by atoms with Gasteiger partial charge in [-0.15, -0.1) is 0 Å². The van der Waals surface area contributed by atoms with Gasteiger partial charge in [0.25, 0.3) is 6.71 Å². The second kappa shape index (κ2) is 8.89. The van der Waals surface area contributed by atoms with E-state index in [4.69, 9.17) is 9.40 Å². The number of benzene rings is 5. The first-order valence-electron chi connectivity index (χ1n) is 15.8. The first-order valence-corrected chi connectivity index (χ1v) is 15.8. The maximum atomic E-state index is 7.00. The zero-order chi connectivity index (χ0) is 30.0. The molecule has 1 aliphatic rings. The van der Waals surface area contributed by atoms with Crippen LogP contribution in [0, 0.1) is 13.8 Å². The first kappa shape index (κ1) is 25.7. The van der Waals surface area contributed by atoms with Gasteiger partial charge in [0.1, 0.15) is 5.58 Å². The lowest BCUT2D eigenvalue weighted by molar-refractivity contribution is 0.649. The van der Waals surface area contributed by atoms with Crippen LogP contribution in [-0.2, 0) is 0 Å². The molecule has 0 bridgehead atoms. The molecule has 0 atom stereocenters. The molecule has 8 aromatic rings. The zero-order valence-corrected chi connectivity index (χ0v) is 26.1. The van der Waals surface area contributed by atoms with Crippen molar-refractivity contribution >= 4 is 72.9 Å². The number of rotatable bonds is 3. The highest BCUT2D eigenvalue weighted by atomic mass is 16.3. The topological polar surface area (TPSA) is 35.4 Å². The molecule has 0 aliphatic carbocycles. The van der Waals surface area contributed by atoms with Crippen molar-refractivity contribution in [1.29, 1.82) is 0 Å². The number of para-hydroxylation sites is 1. The summed E-state index contributed by atoms with van der Waals surface area (Å²) >= 11 is 0. The van der Waals surface area contributed by atoms with Crippen molar-refractivity contribution in [3.63, 3.8) is 0 Å². The number of nitrogens with zero attached hydrogens (tertiary/aromatic N) is 3. The minimum Gasteiger partial charge on any atom is -0.468 e. The highest BCUT2D eigenvalue weighted by Gasteiger charge is 2.41. The molecular formula is C39H34BN3O. The van der Waals surface area contributed by atoms with Gasteiger partial charge in [0, 0.05) is 10.8 Å². The summed E-state index contributed by atoms with van der Waals surface area (Å²) in [5, 5.41) is 3.62. The predicted molar refractivity (Wildman–Crippen MR) is 186 cm³/mol. The minimum absolute atomic E-state index is 0.0444. The van der Waals surface area contributed by atoms with E-state index in [-0.39, 0.29) is 6.71 Å². The van der Waals surface area contributed by atoms with Gasteiger partial charge in [-0.2, -0.15) is 0 Å². The van der Waals surface area contributed by atoms with Crippen LogP contribution >= 0.6 is 0 Å². The molecule has 4 heterocycles. The molecule has 0 N–H and O–H groups in total. The molecule has 0 radical (unpaired) electrons. The van der Waals surface area contributed by atoms with Crippen LogP contribution in [0.15, 0.2) is 89.3 Å². The van der Waals surface area contributed by atoms with Crippen LogP contribution in [0.1, 0.15) is 61.8 Å². The molecule has 0 fully saturated rings. The number of fused-ring (bicyclic) bond motifs is 9. The van der Waals surface area contributed by atoms with Crippen LogP contribution < -0.4 is 16.6 Å². The molecule has 44 heavy (non-hydrogen) atoms. The highest BCUT2D eigenvalue weighted by molar-refractivity contribution is 6.98. The van der Waals surface area contributed by atoms with Crippen LogP contribution in [0.5, 0.6) is 0 Å². The van der Waals surface area contributed by atoms with E-state index in [1.165, 1.54) is 55.0 Å². The predicted octanol–water partition coefficient (Wildman–Crippen LogP) is 8.02. The fourth-order valence-corrected chi connectivity index (χ4v) is 8.13. The van der Waals surface area contributed by atoms with Gasteiger partial charge in [-0.1, -0.05) is 93.8 Å². The first-order chi connectivity index (χ1) is 21.3. The van der Waals surface area contributed by atoms with Gasteiger partial charge in [-0.25, -0.2) is 4.98 Å². The largest absolute Gasteiger partial charge is 0.468 e. The van der Waals surface area contributed by atoms with Gasteiger partial charge < -0.3 is 4.42 Å². The molecule has 4 nitrogen and oxygen atoms in total. The van der Waals surface area contributed by atoms with Gasteiger partial charge in [-0.3, -0.25) is 8.97 Å². The summed E-state index contributed by atoms with van der Waals surface area (Å²) < 4.78 is 11.8. The van der Waals surface area contributed by atoms with Crippen molar-refractivity contribution in [2.45, 2.75) is 53.4 Å². The quantitative estimate of drug-likeness (QED) is 0.201. The highest BCUT2D eigenvalue weighted by Crippen LogP contribution is 2.38. The smallest absolute Gasteiger partial charge is 0.293 e. The third kappa shape index (κ3) is 3.22. The van der Waals surface area contributed by atoms with E-state index in [0.717, 1.165) is 39.1 Å². The van der Waals surface area contributed by atoms with Crippen LogP contribution in [0.3, 0.4) is 0 Å². The Balaban J connectivity index is 1.58. The molecule has 0 saturated carbocycles.